The second-order valence-corrected chi connectivity index (χ2v) is 6.56. The molecule has 2 aromatic rings. The zero-order valence-corrected chi connectivity index (χ0v) is 15.0. The predicted octanol–water partition coefficient (Wildman–Crippen LogP) is 4.44. The molecule has 1 aliphatic heterocycles. The Bertz CT molecular complexity index is 773. The van der Waals surface area contributed by atoms with Gasteiger partial charge in [-0.1, -0.05) is 11.6 Å². The molecule has 132 valence electrons. The number of rotatable bonds is 4. The topological polar surface area (TPSA) is 67.6 Å². The zero-order valence-electron chi connectivity index (χ0n) is 14.2. The first-order valence-electron chi connectivity index (χ1n) is 8.38. The van der Waals surface area contributed by atoms with E-state index in [-0.39, 0.29) is 0 Å². The molecule has 1 fully saturated rings. The molecule has 0 aliphatic carbocycles. The Labute approximate surface area is 152 Å². The molecule has 3 rings (SSSR count). The number of esters is 1. The maximum absolute atomic E-state index is 12.0. The number of carbonyl (C=O) groups excluding carboxylic acids is 1. The molecule has 0 spiro atoms. The molecule has 5 nitrogen and oxygen atoms in total. The first-order valence-corrected chi connectivity index (χ1v) is 8.75. The summed E-state index contributed by atoms with van der Waals surface area (Å²) in [6.45, 7) is 2.10. The average molecular weight is 360 g/mol. The van der Waals surface area contributed by atoms with Crippen molar-refractivity contribution < 1.29 is 9.53 Å². The maximum atomic E-state index is 12.0. The molecule has 0 radical (unpaired) electrons. The number of ether oxygens (including phenoxy) is 1. The number of nitrogens with two attached hydrogens (primary N) is 1. The number of hydrogen-bond donors (Lipinski definition) is 2. The van der Waals surface area contributed by atoms with Crippen LogP contribution in [0.5, 0.6) is 0 Å². The highest BCUT2D eigenvalue weighted by Gasteiger charge is 2.15. The molecule has 3 N–H and O–H groups in total. The largest absolute Gasteiger partial charge is 0.465 e. The summed E-state index contributed by atoms with van der Waals surface area (Å²) >= 11 is 6.09. The van der Waals surface area contributed by atoms with Crippen LogP contribution in [0.3, 0.4) is 0 Å². The first-order chi connectivity index (χ1) is 12.1. The summed E-state index contributed by atoms with van der Waals surface area (Å²) in [5.41, 5.74) is 9.59. The first kappa shape index (κ1) is 17.4. The number of carbonyl (C=O) groups is 1. The third-order valence-electron chi connectivity index (χ3n) is 4.41. The van der Waals surface area contributed by atoms with Gasteiger partial charge < -0.3 is 20.7 Å². The molecule has 0 aromatic heterocycles. The summed E-state index contributed by atoms with van der Waals surface area (Å²) in [5, 5.41) is 3.77. The Balaban J connectivity index is 1.92. The van der Waals surface area contributed by atoms with Crippen LogP contribution in [-0.4, -0.2) is 26.2 Å². The zero-order chi connectivity index (χ0) is 17.8. The lowest BCUT2D eigenvalue weighted by molar-refractivity contribution is 0.0602. The van der Waals surface area contributed by atoms with Gasteiger partial charge in [0.25, 0.3) is 0 Å². The van der Waals surface area contributed by atoms with Crippen molar-refractivity contribution in [2.24, 2.45) is 0 Å². The highest BCUT2D eigenvalue weighted by Crippen LogP contribution is 2.32. The molecule has 0 unspecified atom stereocenters. The van der Waals surface area contributed by atoms with Crippen molar-refractivity contribution in [3.63, 3.8) is 0 Å². The number of hydrogen-bond acceptors (Lipinski definition) is 5. The van der Waals surface area contributed by atoms with E-state index >= 15 is 0 Å². The standard InChI is InChI=1S/C19H22ClN3O2/c1-25-19(24)15-7-5-13(20)11-17(15)22-18-12-14(6-8-16(18)21)23-9-3-2-4-10-23/h5-8,11-12,22H,2-4,9-10,21H2,1H3. The van der Waals surface area contributed by atoms with Gasteiger partial charge in [0, 0.05) is 23.8 Å². The number of benzene rings is 2. The summed E-state index contributed by atoms with van der Waals surface area (Å²) in [6.07, 6.45) is 3.68. The number of nitrogens with one attached hydrogen (secondary N) is 1. The third-order valence-corrected chi connectivity index (χ3v) is 4.65. The Morgan fingerprint density at radius 1 is 1.12 bits per heavy atom. The summed E-state index contributed by atoms with van der Waals surface area (Å²) < 4.78 is 4.84. The minimum atomic E-state index is -0.426. The van der Waals surface area contributed by atoms with Gasteiger partial charge in [0.1, 0.15) is 0 Å². The Morgan fingerprint density at radius 2 is 1.88 bits per heavy atom. The van der Waals surface area contributed by atoms with Crippen molar-refractivity contribution in [1.29, 1.82) is 0 Å². The molecule has 1 saturated heterocycles. The van der Waals surface area contributed by atoms with Crippen LogP contribution in [0, 0.1) is 0 Å². The quantitative estimate of drug-likeness (QED) is 0.623. The summed E-state index contributed by atoms with van der Waals surface area (Å²) in [6, 6.07) is 10.9. The predicted molar refractivity (Wildman–Crippen MR) is 103 cm³/mol. The van der Waals surface area contributed by atoms with Crippen LogP contribution < -0.4 is 16.0 Å². The van der Waals surface area contributed by atoms with Crippen LogP contribution in [-0.2, 0) is 4.74 Å². The van der Waals surface area contributed by atoms with E-state index in [9.17, 15) is 4.79 Å². The van der Waals surface area contributed by atoms with E-state index in [1.807, 2.05) is 18.2 Å². The molecule has 0 atom stereocenters. The average Bonchev–Trinajstić information content (AvgIpc) is 2.64. The maximum Gasteiger partial charge on any atom is 0.339 e. The fourth-order valence-electron chi connectivity index (χ4n) is 3.05. The fourth-order valence-corrected chi connectivity index (χ4v) is 3.23. The van der Waals surface area contributed by atoms with Crippen LogP contribution in [0.25, 0.3) is 0 Å². The van der Waals surface area contributed by atoms with Gasteiger partial charge in [-0.2, -0.15) is 0 Å². The van der Waals surface area contributed by atoms with Crippen molar-refractivity contribution >= 4 is 40.3 Å². The molecule has 1 aliphatic rings. The molecule has 25 heavy (non-hydrogen) atoms. The van der Waals surface area contributed by atoms with Gasteiger partial charge in [-0.3, -0.25) is 0 Å². The normalized spacial score (nSPS) is 14.2. The van der Waals surface area contributed by atoms with E-state index in [2.05, 4.69) is 10.2 Å². The van der Waals surface area contributed by atoms with Crippen molar-refractivity contribution in [3.8, 4) is 0 Å². The lowest BCUT2D eigenvalue weighted by Crippen LogP contribution is -2.29. The molecular weight excluding hydrogens is 338 g/mol. The van der Waals surface area contributed by atoms with Crippen LogP contribution in [0.1, 0.15) is 29.6 Å². The van der Waals surface area contributed by atoms with E-state index in [1.54, 1.807) is 18.2 Å². The lowest BCUT2D eigenvalue weighted by Gasteiger charge is -2.29. The fraction of sp³-hybridized carbons (Fsp3) is 0.316. The van der Waals surface area contributed by atoms with Gasteiger partial charge in [-0.15, -0.1) is 0 Å². The van der Waals surface area contributed by atoms with Crippen LogP contribution in [0.2, 0.25) is 5.02 Å². The van der Waals surface area contributed by atoms with Gasteiger partial charge in [-0.05, 0) is 55.7 Å². The van der Waals surface area contributed by atoms with Crippen molar-refractivity contribution in [2.45, 2.75) is 19.3 Å². The second kappa shape index (κ2) is 7.66. The number of anilines is 4. The lowest BCUT2D eigenvalue weighted by atomic mass is 10.1. The van der Waals surface area contributed by atoms with Crippen LogP contribution in [0.15, 0.2) is 36.4 Å². The summed E-state index contributed by atoms with van der Waals surface area (Å²) in [7, 11) is 1.35. The highest BCUT2D eigenvalue weighted by atomic mass is 35.5. The van der Waals surface area contributed by atoms with Crippen molar-refractivity contribution in [1.82, 2.24) is 0 Å². The summed E-state index contributed by atoms with van der Waals surface area (Å²) in [5.74, 6) is -0.426. The molecule has 1 heterocycles. The van der Waals surface area contributed by atoms with Crippen LogP contribution >= 0.6 is 11.6 Å². The van der Waals surface area contributed by atoms with Crippen molar-refractivity contribution in [3.05, 3.63) is 47.0 Å². The van der Waals surface area contributed by atoms with Gasteiger partial charge in [-0.25, -0.2) is 4.79 Å². The molecule has 0 amide bonds. The van der Waals surface area contributed by atoms with E-state index < -0.39 is 5.97 Å². The van der Waals surface area contributed by atoms with E-state index in [0.717, 1.165) is 24.5 Å². The second-order valence-electron chi connectivity index (χ2n) is 6.13. The smallest absolute Gasteiger partial charge is 0.339 e. The number of nitrogen functional groups attached to an aromatic ring is 1. The van der Waals surface area contributed by atoms with Gasteiger partial charge in [0.05, 0.1) is 29.7 Å². The number of halogens is 1. The van der Waals surface area contributed by atoms with Gasteiger partial charge in [0.15, 0.2) is 0 Å². The number of piperidine rings is 1. The Kier molecular flexibility index (Phi) is 5.34. The summed E-state index contributed by atoms with van der Waals surface area (Å²) in [4.78, 5) is 14.3. The van der Waals surface area contributed by atoms with E-state index in [4.69, 9.17) is 22.1 Å². The number of methoxy groups -OCH3 is 1. The molecule has 2 aromatic carbocycles. The molecular formula is C19H22ClN3O2. The Hall–Kier alpha value is -2.40. The minimum Gasteiger partial charge on any atom is -0.465 e. The monoisotopic (exact) mass is 359 g/mol. The van der Waals surface area contributed by atoms with E-state index in [0.29, 0.717) is 22.0 Å². The molecule has 0 saturated carbocycles. The van der Waals surface area contributed by atoms with Gasteiger partial charge in [0.2, 0.25) is 0 Å². The van der Waals surface area contributed by atoms with Gasteiger partial charge >= 0.3 is 5.97 Å². The minimum absolute atomic E-state index is 0.412. The third kappa shape index (κ3) is 3.99. The number of nitrogens with zero attached hydrogens (tertiary/aromatic N) is 1. The van der Waals surface area contributed by atoms with Crippen molar-refractivity contribution in [2.75, 3.05) is 36.1 Å². The SMILES string of the molecule is COC(=O)c1ccc(Cl)cc1Nc1cc(N2CCCCC2)ccc1N. The molecule has 6 heteroatoms. The van der Waals surface area contributed by atoms with E-state index in [1.165, 1.54) is 26.4 Å². The van der Waals surface area contributed by atoms with Crippen LogP contribution in [0.4, 0.5) is 22.7 Å². The Morgan fingerprint density at radius 3 is 2.60 bits per heavy atom. The molecule has 0 bridgehead atoms. The highest BCUT2D eigenvalue weighted by molar-refractivity contribution is 6.31.